The average Bonchev–Trinajstić information content (AvgIpc) is 2.15. The molecule has 0 aromatic carbocycles. The lowest BCUT2D eigenvalue weighted by molar-refractivity contribution is 0.0611. The maximum absolute atomic E-state index is 12.3. The Bertz CT molecular complexity index is 433. The summed E-state index contributed by atoms with van der Waals surface area (Å²) in [6.07, 6.45) is -2.29. The fourth-order valence-electron chi connectivity index (χ4n) is 1.72. The highest BCUT2D eigenvalue weighted by Crippen LogP contribution is 2.29. The third-order valence-corrected chi connectivity index (χ3v) is 2.70. The van der Waals surface area contributed by atoms with Gasteiger partial charge in [-0.3, -0.25) is 0 Å². The quantitative estimate of drug-likeness (QED) is 0.769. The number of nitriles is 1. The number of alkyl halides is 2. The van der Waals surface area contributed by atoms with Crippen molar-refractivity contribution in [3.05, 3.63) is 23.4 Å². The van der Waals surface area contributed by atoms with Crippen LogP contribution in [0.3, 0.4) is 0 Å². The van der Waals surface area contributed by atoms with E-state index in [4.69, 9.17) is 5.26 Å². The molecule has 1 aromatic rings. The molecule has 3 nitrogen and oxygen atoms in total. The van der Waals surface area contributed by atoms with Gasteiger partial charge in [0.05, 0.1) is 11.5 Å². The second-order valence-corrected chi connectivity index (χ2v) is 3.94. The van der Waals surface area contributed by atoms with Crippen LogP contribution in [-0.4, -0.2) is 24.5 Å². The van der Waals surface area contributed by atoms with Crippen LogP contribution >= 0.6 is 0 Å². The van der Waals surface area contributed by atoms with Gasteiger partial charge in [0.15, 0.2) is 0 Å². The van der Waals surface area contributed by atoms with Crippen molar-refractivity contribution in [2.24, 2.45) is 5.92 Å². The molecule has 16 heavy (non-hydrogen) atoms. The van der Waals surface area contributed by atoms with E-state index < -0.39 is 12.3 Å². The smallest absolute Gasteiger partial charge is 0.244 e. The third kappa shape index (κ3) is 1.83. The lowest BCUT2D eigenvalue weighted by Crippen LogP contribution is -2.50. The summed E-state index contributed by atoms with van der Waals surface area (Å²) in [5.41, 5.74) is 1.23. The lowest BCUT2D eigenvalue weighted by atomic mass is 10.00. The molecule has 2 heterocycles. The monoisotopic (exact) mass is 223 g/mol. The van der Waals surface area contributed by atoms with Gasteiger partial charge < -0.3 is 4.90 Å². The van der Waals surface area contributed by atoms with Gasteiger partial charge in [0, 0.05) is 18.8 Å². The predicted octanol–water partition coefficient (Wildman–Crippen LogP) is 1.96. The topological polar surface area (TPSA) is 39.9 Å². The number of halogens is 2. The van der Waals surface area contributed by atoms with Crippen LogP contribution in [0, 0.1) is 24.2 Å². The molecule has 0 spiro atoms. The molecule has 5 heteroatoms. The number of anilines is 1. The summed E-state index contributed by atoms with van der Waals surface area (Å²) in [5.74, 6) is -0.0618. The molecule has 1 aromatic heterocycles. The number of aromatic nitrogens is 1. The zero-order valence-electron chi connectivity index (χ0n) is 8.82. The Morgan fingerprint density at radius 3 is 2.75 bits per heavy atom. The Balaban J connectivity index is 2.17. The molecule has 1 aliphatic rings. The number of rotatable bonds is 2. The number of pyridine rings is 1. The molecule has 1 saturated heterocycles. The largest absolute Gasteiger partial charge is 0.354 e. The third-order valence-electron chi connectivity index (χ3n) is 2.70. The molecular weight excluding hydrogens is 212 g/mol. The summed E-state index contributed by atoms with van der Waals surface area (Å²) in [6.45, 7) is 2.38. The maximum Gasteiger partial charge on any atom is 0.244 e. The SMILES string of the molecule is Cc1ccc(C#N)c(N2CC(C(F)F)C2)n1. The molecule has 84 valence electrons. The van der Waals surface area contributed by atoms with Crippen LogP contribution in [0.5, 0.6) is 0 Å². The van der Waals surface area contributed by atoms with Crippen molar-refractivity contribution in [2.75, 3.05) is 18.0 Å². The van der Waals surface area contributed by atoms with Crippen LogP contribution in [-0.2, 0) is 0 Å². The van der Waals surface area contributed by atoms with Gasteiger partial charge in [0.1, 0.15) is 11.9 Å². The second-order valence-electron chi connectivity index (χ2n) is 3.94. The lowest BCUT2D eigenvalue weighted by Gasteiger charge is -2.40. The van der Waals surface area contributed by atoms with Gasteiger partial charge in [0.2, 0.25) is 6.43 Å². The van der Waals surface area contributed by atoms with Crippen LogP contribution in [0.15, 0.2) is 12.1 Å². The number of nitrogens with zero attached hydrogens (tertiary/aromatic N) is 3. The molecular formula is C11H11F2N3. The Kier molecular flexibility index (Phi) is 2.73. The minimum atomic E-state index is -2.29. The van der Waals surface area contributed by atoms with E-state index in [1.54, 1.807) is 17.0 Å². The average molecular weight is 223 g/mol. The highest BCUT2D eigenvalue weighted by Gasteiger charge is 2.35. The first-order chi connectivity index (χ1) is 7.61. The van der Waals surface area contributed by atoms with Crippen molar-refractivity contribution < 1.29 is 8.78 Å². The number of hydrogen-bond donors (Lipinski definition) is 0. The Morgan fingerprint density at radius 1 is 1.50 bits per heavy atom. The van der Waals surface area contributed by atoms with Crippen molar-refractivity contribution in [1.29, 1.82) is 5.26 Å². The molecule has 0 bridgehead atoms. The highest BCUT2D eigenvalue weighted by atomic mass is 19.3. The molecule has 0 aliphatic carbocycles. The summed E-state index contributed by atoms with van der Waals surface area (Å²) in [4.78, 5) is 5.94. The van der Waals surface area contributed by atoms with Crippen LogP contribution in [0.1, 0.15) is 11.3 Å². The normalized spacial score (nSPS) is 16.1. The van der Waals surface area contributed by atoms with Gasteiger partial charge in [-0.25, -0.2) is 13.8 Å². The van der Waals surface area contributed by atoms with E-state index in [0.717, 1.165) is 5.69 Å². The summed E-state index contributed by atoms with van der Waals surface area (Å²) < 4.78 is 24.6. The predicted molar refractivity (Wildman–Crippen MR) is 55.4 cm³/mol. The van der Waals surface area contributed by atoms with Crippen LogP contribution < -0.4 is 4.90 Å². The molecule has 0 N–H and O–H groups in total. The van der Waals surface area contributed by atoms with Gasteiger partial charge in [0.25, 0.3) is 0 Å². The minimum Gasteiger partial charge on any atom is -0.354 e. The van der Waals surface area contributed by atoms with Gasteiger partial charge in [-0.1, -0.05) is 0 Å². The summed E-state index contributed by atoms with van der Waals surface area (Å²) >= 11 is 0. The fourth-order valence-corrected chi connectivity index (χ4v) is 1.72. The van der Waals surface area contributed by atoms with E-state index in [9.17, 15) is 8.78 Å². The number of aryl methyl sites for hydroxylation is 1. The first kappa shape index (κ1) is 10.8. The van der Waals surface area contributed by atoms with Crippen LogP contribution in [0.2, 0.25) is 0 Å². The molecule has 0 radical (unpaired) electrons. The van der Waals surface area contributed by atoms with E-state index in [1.165, 1.54) is 0 Å². The van der Waals surface area contributed by atoms with Gasteiger partial charge in [-0.2, -0.15) is 5.26 Å². The zero-order chi connectivity index (χ0) is 11.7. The van der Waals surface area contributed by atoms with Crippen molar-refractivity contribution in [3.8, 4) is 6.07 Å². The molecule has 0 atom stereocenters. The first-order valence-electron chi connectivity index (χ1n) is 5.02. The molecule has 0 amide bonds. The zero-order valence-corrected chi connectivity index (χ0v) is 8.82. The molecule has 2 rings (SSSR count). The van der Waals surface area contributed by atoms with E-state index >= 15 is 0 Å². The highest BCUT2D eigenvalue weighted by molar-refractivity contribution is 5.55. The summed E-state index contributed by atoms with van der Waals surface area (Å²) in [6, 6.07) is 5.44. The van der Waals surface area contributed by atoms with Gasteiger partial charge in [-0.15, -0.1) is 0 Å². The van der Waals surface area contributed by atoms with Crippen molar-refractivity contribution in [1.82, 2.24) is 4.98 Å². The van der Waals surface area contributed by atoms with E-state index in [0.29, 0.717) is 11.4 Å². The summed E-state index contributed by atoms with van der Waals surface area (Å²) in [7, 11) is 0. The van der Waals surface area contributed by atoms with Gasteiger partial charge >= 0.3 is 0 Å². The number of hydrogen-bond acceptors (Lipinski definition) is 3. The van der Waals surface area contributed by atoms with E-state index in [-0.39, 0.29) is 13.1 Å². The Hall–Kier alpha value is -1.70. The van der Waals surface area contributed by atoms with Crippen molar-refractivity contribution in [3.63, 3.8) is 0 Å². The Labute approximate surface area is 92.3 Å². The fraction of sp³-hybridized carbons (Fsp3) is 0.455. The maximum atomic E-state index is 12.3. The first-order valence-corrected chi connectivity index (χ1v) is 5.02. The van der Waals surface area contributed by atoms with Gasteiger partial charge in [-0.05, 0) is 19.1 Å². The van der Waals surface area contributed by atoms with Crippen LogP contribution in [0.4, 0.5) is 14.6 Å². The summed E-state index contributed by atoms with van der Waals surface area (Å²) in [5, 5.41) is 8.89. The van der Waals surface area contributed by atoms with E-state index in [1.807, 2.05) is 13.0 Å². The Morgan fingerprint density at radius 2 is 2.19 bits per heavy atom. The second kappa shape index (κ2) is 4.05. The minimum absolute atomic E-state index is 0.281. The van der Waals surface area contributed by atoms with Crippen LogP contribution in [0.25, 0.3) is 0 Å². The molecule has 1 aliphatic heterocycles. The molecule has 0 unspecified atom stereocenters. The standard InChI is InChI=1S/C11H11F2N3/c1-7-2-3-8(4-14)11(15-7)16-5-9(6-16)10(12)13/h2-3,9-10H,5-6H2,1H3. The molecule has 1 fully saturated rings. The molecule has 0 saturated carbocycles. The van der Waals surface area contributed by atoms with Crippen molar-refractivity contribution in [2.45, 2.75) is 13.3 Å². The van der Waals surface area contributed by atoms with Crippen molar-refractivity contribution >= 4 is 5.82 Å². The van der Waals surface area contributed by atoms with E-state index in [2.05, 4.69) is 4.98 Å².